The highest BCUT2D eigenvalue weighted by molar-refractivity contribution is 5.73. The van der Waals surface area contributed by atoms with Gasteiger partial charge in [0.1, 0.15) is 61.0 Å². The molecular weight excluding hydrogens is 444 g/mol. The minimum absolute atomic E-state index is 0.428. The van der Waals surface area contributed by atoms with Gasteiger partial charge in [0.15, 0.2) is 18.7 Å². The Bertz CT molecular complexity index is 633. The van der Waals surface area contributed by atoms with E-state index in [0.29, 0.717) is 0 Å². The van der Waals surface area contributed by atoms with Gasteiger partial charge < -0.3 is 69.6 Å². The average Bonchev–Trinajstić information content (AvgIpc) is 2.76. The maximum Gasteiger partial charge on any atom is 0.335 e. The normalized spacial score (nSPS) is 50.2. The van der Waals surface area contributed by atoms with Gasteiger partial charge >= 0.3 is 5.97 Å². The maximum absolute atomic E-state index is 11.4. The zero-order chi connectivity index (χ0) is 23.7. The molecule has 0 aromatic carbocycles. The van der Waals surface area contributed by atoms with Crippen molar-refractivity contribution < 1.29 is 74.4 Å². The smallest absolute Gasteiger partial charge is 0.335 e. The lowest BCUT2D eigenvalue weighted by Crippen LogP contribution is -2.64. The number of rotatable bonds is 6. The van der Waals surface area contributed by atoms with E-state index >= 15 is 0 Å². The fourth-order valence-electron chi connectivity index (χ4n) is 3.69. The Hall–Kier alpha value is -1.05. The molecule has 0 spiro atoms. The lowest BCUT2D eigenvalue weighted by Gasteiger charge is -2.45. The van der Waals surface area contributed by atoms with Crippen LogP contribution < -0.4 is 0 Å². The summed E-state index contributed by atoms with van der Waals surface area (Å²) in [5.41, 5.74) is 0. The predicted octanol–water partition coefficient (Wildman–Crippen LogP) is -6.16. The second-order valence-electron chi connectivity index (χ2n) is 7.81. The first-order chi connectivity index (χ1) is 15.1. The third-order valence-electron chi connectivity index (χ3n) is 5.60. The Kier molecular flexibility index (Phi) is 8.37. The van der Waals surface area contributed by atoms with Crippen molar-refractivity contribution in [2.75, 3.05) is 19.8 Å². The first-order valence-corrected chi connectivity index (χ1v) is 9.86. The second kappa shape index (κ2) is 10.5. The molecule has 15 heteroatoms. The Morgan fingerprint density at radius 1 is 0.781 bits per heavy atom. The fourth-order valence-corrected chi connectivity index (χ4v) is 3.69. The minimum atomic E-state index is -1.88. The molecule has 9 N–H and O–H groups in total. The van der Waals surface area contributed by atoms with Gasteiger partial charge in [-0.25, -0.2) is 4.79 Å². The molecule has 0 amide bonds. The van der Waals surface area contributed by atoms with Crippen LogP contribution in [0.3, 0.4) is 0 Å². The molecule has 3 rings (SSSR count). The topological polar surface area (TPSA) is 245 Å². The third-order valence-corrected chi connectivity index (χ3v) is 5.60. The van der Waals surface area contributed by atoms with Gasteiger partial charge in [-0.15, -0.1) is 0 Å². The first-order valence-electron chi connectivity index (χ1n) is 9.86. The monoisotopic (exact) mass is 472 g/mol. The number of aliphatic carboxylic acids is 1. The highest BCUT2D eigenvalue weighted by Gasteiger charge is 2.51. The molecular formula is C17H28O15. The van der Waals surface area contributed by atoms with E-state index in [0.717, 1.165) is 0 Å². The predicted molar refractivity (Wildman–Crippen MR) is 94.7 cm³/mol. The summed E-state index contributed by atoms with van der Waals surface area (Å²) in [5, 5.41) is 88.5. The zero-order valence-corrected chi connectivity index (χ0v) is 16.6. The van der Waals surface area contributed by atoms with Crippen LogP contribution in [0, 0.1) is 0 Å². The van der Waals surface area contributed by atoms with Gasteiger partial charge in [0, 0.05) is 0 Å². The van der Waals surface area contributed by atoms with Crippen LogP contribution in [0.15, 0.2) is 0 Å². The Morgan fingerprint density at radius 2 is 1.44 bits per heavy atom. The second-order valence-corrected chi connectivity index (χ2v) is 7.81. The number of hydrogen-bond acceptors (Lipinski definition) is 14. The van der Waals surface area contributed by atoms with Crippen molar-refractivity contribution in [1.29, 1.82) is 0 Å². The number of aliphatic hydroxyl groups is 8. The largest absolute Gasteiger partial charge is 0.479 e. The highest BCUT2D eigenvalue weighted by atomic mass is 16.7. The summed E-state index contributed by atoms with van der Waals surface area (Å²) in [7, 11) is 0. The number of ether oxygens (including phenoxy) is 5. The van der Waals surface area contributed by atoms with Gasteiger partial charge in [-0.05, 0) is 0 Å². The van der Waals surface area contributed by atoms with Crippen LogP contribution in [0.2, 0.25) is 0 Å². The van der Waals surface area contributed by atoms with Crippen molar-refractivity contribution in [3.8, 4) is 0 Å². The lowest BCUT2D eigenvalue weighted by molar-refractivity contribution is -0.352. The Morgan fingerprint density at radius 3 is 2.06 bits per heavy atom. The van der Waals surface area contributed by atoms with Crippen molar-refractivity contribution >= 4 is 5.97 Å². The SMILES string of the molecule is O=C(O)C1OCC(O[C@@H]2O[C@H](CO)[C@H](O)[C@H](O)[C@H]2O)C(O[C@@H]2OC[C@@H](O)[C@H](O)[C@H]2O)C1O. The summed E-state index contributed by atoms with van der Waals surface area (Å²) in [6.07, 6.45) is -21.1. The molecule has 0 aromatic rings. The van der Waals surface area contributed by atoms with Crippen LogP contribution >= 0.6 is 0 Å². The Balaban J connectivity index is 1.77. The van der Waals surface area contributed by atoms with E-state index in [9.17, 15) is 50.8 Å². The summed E-state index contributed by atoms with van der Waals surface area (Å²) < 4.78 is 26.5. The van der Waals surface area contributed by atoms with Gasteiger partial charge in [-0.2, -0.15) is 0 Å². The van der Waals surface area contributed by atoms with Crippen LogP contribution in [0.25, 0.3) is 0 Å². The number of carboxylic acid groups (broad SMARTS) is 1. The molecule has 0 saturated carbocycles. The van der Waals surface area contributed by atoms with Gasteiger partial charge in [0.05, 0.1) is 19.8 Å². The van der Waals surface area contributed by atoms with Gasteiger partial charge in [0.25, 0.3) is 0 Å². The number of aliphatic hydroxyl groups excluding tert-OH is 8. The molecule has 15 nitrogen and oxygen atoms in total. The van der Waals surface area contributed by atoms with E-state index in [1.165, 1.54) is 0 Å². The van der Waals surface area contributed by atoms with E-state index < -0.39 is 106 Å². The number of hydrogen-bond donors (Lipinski definition) is 9. The van der Waals surface area contributed by atoms with E-state index in [1.54, 1.807) is 0 Å². The van der Waals surface area contributed by atoms with Crippen LogP contribution in [0.5, 0.6) is 0 Å². The van der Waals surface area contributed by atoms with Crippen molar-refractivity contribution in [1.82, 2.24) is 0 Å². The van der Waals surface area contributed by atoms with Crippen LogP contribution in [0.1, 0.15) is 0 Å². The molecule has 3 saturated heterocycles. The molecule has 13 atom stereocenters. The summed E-state index contributed by atoms with van der Waals surface area (Å²) >= 11 is 0. The van der Waals surface area contributed by atoms with Crippen LogP contribution in [-0.4, -0.2) is 151 Å². The van der Waals surface area contributed by atoms with E-state index in [1.807, 2.05) is 0 Å². The van der Waals surface area contributed by atoms with Crippen LogP contribution in [0.4, 0.5) is 0 Å². The van der Waals surface area contributed by atoms with E-state index in [-0.39, 0.29) is 0 Å². The number of carboxylic acids is 1. The Labute approximate surface area is 180 Å². The zero-order valence-electron chi connectivity index (χ0n) is 16.6. The van der Waals surface area contributed by atoms with Gasteiger partial charge in [0.2, 0.25) is 0 Å². The van der Waals surface area contributed by atoms with Gasteiger partial charge in [-0.1, -0.05) is 0 Å². The summed E-state index contributed by atoms with van der Waals surface area (Å²) in [4.78, 5) is 11.4. The summed E-state index contributed by atoms with van der Waals surface area (Å²) in [6.45, 7) is -1.66. The third kappa shape index (κ3) is 5.05. The van der Waals surface area contributed by atoms with Crippen molar-refractivity contribution in [3.05, 3.63) is 0 Å². The highest BCUT2D eigenvalue weighted by Crippen LogP contribution is 2.29. The average molecular weight is 472 g/mol. The quantitative estimate of drug-likeness (QED) is 0.174. The molecule has 186 valence electrons. The molecule has 3 fully saturated rings. The molecule has 3 heterocycles. The number of carbonyl (C=O) groups is 1. The van der Waals surface area contributed by atoms with Crippen molar-refractivity contribution in [2.45, 2.75) is 79.7 Å². The summed E-state index contributed by atoms with van der Waals surface area (Å²) in [6, 6.07) is 0. The molecule has 0 aromatic heterocycles. The fraction of sp³-hybridized carbons (Fsp3) is 0.941. The van der Waals surface area contributed by atoms with E-state index in [2.05, 4.69) is 0 Å². The molecule has 0 radical (unpaired) electrons. The minimum Gasteiger partial charge on any atom is -0.479 e. The molecule has 0 aliphatic carbocycles. The summed E-state index contributed by atoms with van der Waals surface area (Å²) in [5.74, 6) is -1.53. The van der Waals surface area contributed by atoms with Crippen molar-refractivity contribution in [3.63, 3.8) is 0 Å². The van der Waals surface area contributed by atoms with E-state index in [4.69, 9.17) is 23.7 Å². The molecule has 0 bridgehead atoms. The molecule has 32 heavy (non-hydrogen) atoms. The first kappa shape index (κ1) is 25.6. The standard InChI is InChI=1S/C17H28O15/c18-1-5-8(21)9(22)11(24)17(30-5)31-6-3-28-14(15(26)27)12(25)13(6)32-16-10(23)7(20)4(19)2-29-16/h4-14,16-25H,1-3H2,(H,26,27)/t4-,5-,6?,7+,8+,9+,10-,11-,12?,13?,14?,16+,17+/m1/s1. The molecule has 3 aliphatic rings. The van der Waals surface area contributed by atoms with Gasteiger partial charge in [-0.3, -0.25) is 0 Å². The van der Waals surface area contributed by atoms with Crippen molar-refractivity contribution in [2.24, 2.45) is 0 Å². The molecule has 4 unspecified atom stereocenters. The maximum atomic E-state index is 11.4. The molecule has 3 aliphatic heterocycles. The lowest BCUT2D eigenvalue weighted by atomic mass is 9.97. The van der Waals surface area contributed by atoms with Crippen LogP contribution in [-0.2, 0) is 28.5 Å².